The average molecular weight is 323 g/mol. The molecule has 0 unspecified atom stereocenters. The first kappa shape index (κ1) is 10.8. The molecule has 0 heterocycles. The molecule has 0 spiro atoms. The Morgan fingerprint density at radius 3 is 2.39 bits per heavy atom. The molecule has 126 valence electrons. The number of nitrogens with one attached hydrogen (secondary N) is 1. The number of carbonyl (C=O) groups excluding carboxylic acids is 1. The third-order valence-corrected chi connectivity index (χ3v) is 4.52. The lowest BCUT2D eigenvalue weighted by atomic mass is 9.76. The van der Waals surface area contributed by atoms with Crippen molar-refractivity contribution >= 4 is 11.9 Å². The minimum atomic E-state index is -2.53. The molecule has 23 heavy (non-hydrogen) atoms. The van der Waals surface area contributed by atoms with Gasteiger partial charge in [0, 0.05) is 12.3 Å². The minimum Gasteiger partial charge on any atom is -0.480 e. The predicted molar refractivity (Wildman–Crippen MR) is 90.0 cm³/mol. The molecule has 2 rings (SSSR count). The van der Waals surface area contributed by atoms with Gasteiger partial charge in [-0.25, -0.2) is 4.79 Å². The van der Waals surface area contributed by atoms with E-state index in [1.807, 2.05) is 0 Å². The van der Waals surface area contributed by atoms with Gasteiger partial charge in [-0.15, -0.1) is 0 Å². The number of benzene rings is 1. The fourth-order valence-electron chi connectivity index (χ4n) is 3.01. The molecule has 0 aromatic heterocycles. The molecule has 0 bridgehead atoms. The Morgan fingerprint density at radius 2 is 1.87 bits per heavy atom. The van der Waals surface area contributed by atoms with Crippen LogP contribution in [0, 0.1) is 17.8 Å². The van der Waals surface area contributed by atoms with E-state index in [4.69, 9.17) is 8.22 Å². The molecule has 2 N–H and O–H groups in total. The molecule has 0 saturated heterocycles. The van der Waals surface area contributed by atoms with E-state index in [0.717, 1.165) is 12.8 Å². The van der Waals surface area contributed by atoms with E-state index in [2.05, 4.69) is 19.2 Å². The molecule has 0 radical (unpaired) electrons. The topological polar surface area (TPSA) is 66.4 Å². The van der Waals surface area contributed by atoms with E-state index < -0.39 is 60.4 Å². The summed E-state index contributed by atoms with van der Waals surface area (Å²) in [5.74, 6) is -1.55. The number of hydrogen-bond acceptors (Lipinski definition) is 2. The largest absolute Gasteiger partial charge is 0.480 e. The maximum atomic E-state index is 12.7. The van der Waals surface area contributed by atoms with Crippen LogP contribution in [0.4, 0.5) is 0 Å². The van der Waals surface area contributed by atoms with E-state index in [1.54, 1.807) is 0 Å². The lowest BCUT2D eigenvalue weighted by Gasteiger charge is -2.30. The molecule has 4 heteroatoms. The van der Waals surface area contributed by atoms with Crippen molar-refractivity contribution in [1.29, 1.82) is 0 Å². The maximum Gasteiger partial charge on any atom is 0.326 e. The Balaban J connectivity index is 2.23. The number of amides is 1. The molecule has 1 saturated carbocycles. The van der Waals surface area contributed by atoms with E-state index in [-0.39, 0.29) is 5.56 Å². The van der Waals surface area contributed by atoms with Crippen molar-refractivity contribution in [2.75, 3.05) is 0 Å². The first-order valence-corrected chi connectivity index (χ1v) is 8.00. The summed E-state index contributed by atoms with van der Waals surface area (Å²) in [5.41, 5.74) is -0.308. The van der Waals surface area contributed by atoms with Gasteiger partial charge in [-0.3, -0.25) is 4.79 Å². The van der Waals surface area contributed by atoms with E-state index in [1.165, 1.54) is 0 Å². The molecule has 0 aliphatic heterocycles. The van der Waals surface area contributed by atoms with Crippen molar-refractivity contribution in [1.82, 2.24) is 5.32 Å². The quantitative estimate of drug-likeness (QED) is 0.844. The summed E-state index contributed by atoms with van der Waals surface area (Å²) in [7, 11) is 0. The highest BCUT2D eigenvalue weighted by Gasteiger charge is 2.30. The van der Waals surface area contributed by atoms with Gasteiger partial charge in [0.2, 0.25) is 5.91 Å². The van der Waals surface area contributed by atoms with Gasteiger partial charge in [-0.05, 0) is 43.1 Å². The van der Waals surface area contributed by atoms with Crippen LogP contribution in [0.25, 0.3) is 0 Å². The van der Waals surface area contributed by atoms with Gasteiger partial charge in [-0.2, -0.15) is 0 Å². The van der Waals surface area contributed by atoms with Crippen molar-refractivity contribution in [3.63, 3.8) is 0 Å². The number of carboxylic acids is 1. The minimum absolute atomic E-state index is 0.308. The van der Waals surface area contributed by atoms with Gasteiger partial charge in [0.25, 0.3) is 0 Å². The van der Waals surface area contributed by atoms with Crippen molar-refractivity contribution in [3.05, 3.63) is 35.8 Å². The van der Waals surface area contributed by atoms with Crippen LogP contribution in [0.1, 0.15) is 53.3 Å². The SMILES string of the molecule is [2H]c1c([2H])c([2H])c(C[C@]([2H])(NC(=O)C2CCC(C(C)C)CC2)C(=O)O)c([2H])c1[2H]. The fraction of sp³-hybridized carbons (Fsp3) is 0.579. The van der Waals surface area contributed by atoms with Gasteiger partial charge in [-0.1, -0.05) is 44.1 Å². The summed E-state index contributed by atoms with van der Waals surface area (Å²) in [4.78, 5) is 24.4. The van der Waals surface area contributed by atoms with Gasteiger partial charge >= 0.3 is 5.97 Å². The second-order valence-corrected chi connectivity index (χ2v) is 6.41. The predicted octanol–water partition coefficient (Wildman–Crippen LogP) is 3.26. The molecular weight excluding hydrogens is 290 g/mol. The van der Waals surface area contributed by atoms with Gasteiger partial charge in [0.1, 0.15) is 6.02 Å². The zero-order valence-electron chi connectivity index (χ0n) is 19.5. The van der Waals surface area contributed by atoms with Crippen molar-refractivity contribution in [3.8, 4) is 0 Å². The molecule has 1 aliphatic rings. The summed E-state index contributed by atoms with van der Waals surface area (Å²) < 4.78 is 47.2. The highest BCUT2D eigenvalue weighted by molar-refractivity contribution is 5.85. The highest BCUT2D eigenvalue weighted by Crippen LogP contribution is 2.33. The summed E-state index contributed by atoms with van der Waals surface area (Å²) in [6.07, 6.45) is 2.21. The van der Waals surface area contributed by atoms with Crippen LogP contribution in [0.5, 0.6) is 0 Å². The normalized spacial score (nSPS) is 27.6. The monoisotopic (exact) mass is 323 g/mol. The van der Waals surface area contributed by atoms with Crippen molar-refractivity contribution < 1.29 is 22.9 Å². The van der Waals surface area contributed by atoms with Gasteiger partial charge < -0.3 is 10.4 Å². The van der Waals surface area contributed by atoms with E-state index in [9.17, 15) is 14.7 Å². The standard InChI is InChI=1S/C19H27NO3/c1-13(2)15-8-10-16(11-9-15)18(21)20-17(19(22)23)12-14-6-4-3-5-7-14/h3-7,13,15-17H,8-12H2,1-2H3,(H,20,21)(H,22,23)/t15?,16?,17-/m0/s1/i3D,4D,5D,6D,7D,17D. The summed E-state index contributed by atoms with van der Waals surface area (Å²) in [6.45, 7) is 4.26. The highest BCUT2D eigenvalue weighted by atomic mass is 16.4. The zero-order chi connectivity index (χ0) is 22.1. The molecule has 1 aromatic carbocycles. The third kappa shape index (κ3) is 5.08. The van der Waals surface area contributed by atoms with Gasteiger partial charge in [0.15, 0.2) is 0 Å². The van der Waals surface area contributed by atoms with Crippen LogP contribution < -0.4 is 5.32 Å². The van der Waals surface area contributed by atoms with Crippen molar-refractivity contribution in [2.24, 2.45) is 17.8 Å². The van der Waals surface area contributed by atoms with E-state index in [0.29, 0.717) is 24.7 Å². The van der Waals surface area contributed by atoms with E-state index >= 15 is 0 Å². The smallest absolute Gasteiger partial charge is 0.326 e. The van der Waals surface area contributed by atoms with Crippen LogP contribution in [0.15, 0.2) is 30.2 Å². The van der Waals surface area contributed by atoms with Crippen LogP contribution in [-0.4, -0.2) is 23.0 Å². The van der Waals surface area contributed by atoms with Crippen LogP contribution in [0.2, 0.25) is 0 Å². The molecule has 4 nitrogen and oxygen atoms in total. The third-order valence-electron chi connectivity index (χ3n) is 4.52. The van der Waals surface area contributed by atoms with Crippen LogP contribution in [0.3, 0.4) is 0 Å². The second-order valence-electron chi connectivity index (χ2n) is 6.41. The first-order chi connectivity index (χ1) is 13.4. The molecular formula is C19H27NO3. The Kier molecular flexibility index (Phi) is 3.84. The maximum absolute atomic E-state index is 12.7. The second kappa shape index (κ2) is 8.14. The molecule has 1 atom stereocenters. The lowest BCUT2D eigenvalue weighted by Crippen LogP contribution is -2.45. The number of hydrogen-bond donors (Lipinski definition) is 2. The number of carbonyl (C=O) groups is 2. The summed E-state index contributed by atoms with van der Waals surface area (Å²) in [6, 6.07) is -5.47. The average Bonchev–Trinajstić information content (AvgIpc) is 2.68. The number of carboxylic acid groups (broad SMARTS) is 1. The zero-order valence-corrected chi connectivity index (χ0v) is 13.5. The Labute approximate surface area is 146 Å². The Morgan fingerprint density at radius 1 is 1.26 bits per heavy atom. The summed E-state index contributed by atoms with van der Waals surface area (Å²) in [5, 5.41) is 11.8. The Hall–Kier alpha value is -1.84. The molecule has 1 aliphatic carbocycles. The van der Waals surface area contributed by atoms with Crippen molar-refractivity contribution in [2.45, 2.75) is 52.0 Å². The lowest BCUT2D eigenvalue weighted by molar-refractivity contribution is -0.142. The molecule has 1 aromatic rings. The number of aliphatic carboxylic acids is 1. The first-order valence-electron chi connectivity index (χ1n) is 11.0. The molecule has 1 amide bonds. The van der Waals surface area contributed by atoms with Crippen LogP contribution in [-0.2, 0) is 16.0 Å². The summed E-state index contributed by atoms with van der Waals surface area (Å²) >= 11 is 0. The van der Waals surface area contributed by atoms with Crippen LogP contribution >= 0.6 is 0 Å². The number of rotatable bonds is 6. The fourth-order valence-corrected chi connectivity index (χ4v) is 3.01. The van der Waals surface area contributed by atoms with Gasteiger partial charge in [0.05, 0.1) is 8.22 Å². The molecule has 1 fully saturated rings. The Bertz CT molecular complexity index is 779.